The molecular formula is C14H14FN3O2S. The van der Waals surface area contributed by atoms with Crippen molar-refractivity contribution in [3.05, 3.63) is 30.1 Å². The molecule has 2 amide bonds. The van der Waals surface area contributed by atoms with E-state index < -0.39 is 5.25 Å². The lowest BCUT2D eigenvalue weighted by Gasteiger charge is -2.07. The molecule has 1 aromatic carbocycles. The third-order valence-electron chi connectivity index (χ3n) is 3.12. The molecule has 21 heavy (non-hydrogen) atoms. The van der Waals surface area contributed by atoms with Crippen LogP contribution >= 0.6 is 11.8 Å². The van der Waals surface area contributed by atoms with Crippen LogP contribution in [-0.2, 0) is 9.59 Å². The summed E-state index contributed by atoms with van der Waals surface area (Å²) in [5.74, 6) is -0.824. The fourth-order valence-electron chi connectivity index (χ4n) is 1.88. The van der Waals surface area contributed by atoms with Crippen molar-refractivity contribution >= 4 is 34.4 Å². The number of benzene rings is 1. The fraction of sp³-hybridized carbons (Fsp3) is 0.357. The largest absolute Gasteiger partial charge is 0.326 e. The SMILES string of the molecule is O=C(C[C@@H]1SC(=NC2CC2)NC1=O)Nc1ccc(F)cc1. The second-order valence-corrected chi connectivity index (χ2v) is 6.21. The highest BCUT2D eigenvalue weighted by molar-refractivity contribution is 8.15. The number of carbonyl (C=O) groups is 2. The van der Waals surface area contributed by atoms with Gasteiger partial charge in [0.1, 0.15) is 11.1 Å². The van der Waals surface area contributed by atoms with Crippen LogP contribution in [0.4, 0.5) is 10.1 Å². The first kappa shape index (κ1) is 14.1. The van der Waals surface area contributed by atoms with Gasteiger partial charge in [-0.15, -0.1) is 0 Å². The van der Waals surface area contributed by atoms with Crippen molar-refractivity contribution in [2.75, 3.05) is 5.32 Å². The Kier molecular flexibility index (Phi) is 3.92. The average molecular weight is 307 g/mol. The summed E-state index contributed by atoms with van der Waals surface area (Å²) in [5, 5.41) is 5.50. The molecule has 2 aliphatic rings. The molecule has 110 valence electrons. The summed E-state index contributed by atoms with van der Waals surface area (Å²) in [7, 11) is 0. The van der Waals surface area contributed by atoms with Gasteiger partial charge in [-0.1, -0.05) is 11.8 Å². The third-order valence-corrected chi connectivity index (χ3v) is 4.22. The molecule has 0 unspecified atom stereocenters. The van der Waals surface area contributed by atoms with E-state index >= 15 is 0 Å². The molecule has 1 saturated heterocycles. The second-order valence-electron chi connectivity index (χ2n) is 5.02. The van der Waals surface area contributed by atoms with Gasteiger partial charge in [0, 0.05) is 12.1 Å². The zero-order valence-corrected chi connectivity index (χ0v) is 12.0. The molecule has 1 atom stereocenters. The number of carbonyl (C=O) groups excluding carboxylic acids is 2. The van der Waals surface area contributed by atoms with Gasteiger partial charge in [0.2, 0.25) is 11.8 Å². The smallest absolute Gasteiger partial charge is 0.240 e. The van der Waals surface area contributed by atoms with Gasteiger partial charge in [-0.05, 0) is 37.1 Å². The second kappa shape index (κ2) is 5.85. The highest BCUT2D eigenvalue weighted by atomic mass is 32.2. The van der Waals surface area contributed by atoms with Crippen LogP contribution in [0.2, 0.25) is 0 Å². The summed E-state index contributed by atoms with van der Waals surface area (Å²) in [4.78, 5) is 28.0. The molecule has 2 N–H and O–H groups in total. The van der Waals surface area contributed by atoms with Crippen molar-refractivity contribution in [1.82, 2.24) is 5.32 Å². The molecular weight excluding hydrogens is 293 g/mol. The van der Waals surface area contributed by atoms with E-state index in [2.05, 4.69) is 15.6 Å². The van der Waals surface area contributed by atoms with E-state index in [0.717, 1.165) is 12.8 Å². The van der Waals surface area contributed by atoms with Crippen LogP contribution in [0, 0.1) is 5.82 Å². The Hall–Kier alpha value is -1.89. The lowest BCUT2D eigenvalue weighted by molar-refractivity contribution is -0.122. The van der Waals surface area contributed by atoms with Crippen molar-refractivity contribution in [3.8, 4) is 0 Å². The molecule has 1 aliphatic heterocycles. The van der Waals surface area contributed by atoms with Gasteiger partial charge in [0.15, 0.2) is 5.17 Å². The Bertz CT molecular complexity index is 599. The zero-order chi connectivity index (χ0) is 14.8. The summed E-state index contributed by atoms with van der Waals surface area (Å²) in [5.41, 5.74) is 0.511. The maximum Gasteiger partial charge on any atom is 0.240 e. The van der Waals surface area contributed by atoms with E-state index in [1.54, 1.807) is 0 Å². The van der Waals surface area contributed by atoms with Crippen LogP contribution in [0.3, 0.4) is 0 Å². The Morgan fingerprint density at radius 1 is 1.38 bits per heavy atom. The van der Waals surface area contributed by atoms with E-state index in [0.29, 0.717) is 16.9 Å². The number of anilines is 1. The van der Waals surface area contributed by atoms with Gasteiger partial charge in [-0.3, -0.25) is 14.6 Å². The minimum Gasteiger partial charge on any atom is -0.326 e. The van der Waals surface area contributed by atoms with E-state index in [1.807, 2.05) is 0 Å². The molecule has 7 heteroatoms. The van der Waals surface area contributed by atoms with Crippen LogP contribution in [-0.4, -0.2) is 28.3 Å². The number of amidine groups is 1. The summed E-state index contributed by atoms with van der Waals surface area (Å²) < 4.78 is 12.8. The van der Waals surface area contributed by atoms with Gasteiger partial charge in [0.25, 0.3) is 0 Å². The predicted octanol–water partition coefficient (Wildman–Crippen LogP) is 1.90. The maximum absolute atomic E-state index is 12.8. The lowest BCUT2D eigenvalue weighted by atomic mass is 10.2. The van der Waals surface area contributed by atoms with Crippen molar-refractivity contribution in [2.45, 2.75) is 30.6 Å². The molecule has 2 fully saturated rings. The predicted molar refractivity (Wildman–Crippen MR) is 79.6 cm³/mol. The number of halogens is 1. The molecule has 1 heterocycles. The average Bonchev–Trinajstić information content (AvgIpc) is 3.18. The Labute approximate surface area is 125 Å². The summed E-state index contributed by atoms with van der Waals surface area (Å²) in [6, 6.07) is 5.84. The molecule has 0 spiro atoms. The number of hydrogen-bond donors (Lipinski definition) is 2. The van der Waals surface area contributed by atoms with E-state index in [1.165, 1.54) is 36.0 Å². The maximum atomic E-state index is 12.8. The van der Waals surface area contributed by atoms with Gasteiger partial charge >= 0.3 is 0 Å². The molecule has 0 aromatic heterocycles. The number of aliphatic imine (C=N–C) groups is 1. The number of nitrogens with zero attached hydrogens (tertiary/aromatic N) is 1. The Balaban J connectivity index is 1.54. The summed E-state index contributed by atoms with van der Waals surface area (Å²) in [6.45, 7) is 0. The monoisotopic (exact) mass is 307 g/mol. The van der Waals surface area contributed by atoms with Crippen LogP contribution in [0.1, 0.15) is 19.3 Å². The topological polar surface area (TPSA) is 70.6 Å². The van der Waals surface area contributed by atoms with Crippen molar-refractivity contribution in [2.24, 2.45) is 4.99 Å². The quantitative estimate of drug-likeness (QED) is 0.892. The third kappa shape index (κ3) is 3.81. The molecule has 1 aromatic rings. The van der Waals surface area contributed by atoms with Gasteiger partial charge in [-0.25, -0.2) is 4.39 Å². The van der Waals surface area contributed by atoms with Crippen LogP contribution < -0.4 is 10.6 Å². The van der Waals surface area contributed by atoms with Crippen LogP contribution in [0.25, 0.3) is 0 Å². The Morgan fingerprint density at radius 3 is 2.76 bits per heavy atom. The Morgan fingerprint density at radius 2 is 2.10 bits per heavy atom. The number of nitrogens with one attached hydrogen (secondary N) is 2. The minimum absolute atomic E-state index is 0.0670. The zero-order valence-electron chi connectivity index (χ0n) is 11.1. The van der Waals surface area contributed by atoms with Crippen LogP contribution in [0.15, 0.2) is 29.3 Å². The van der Waals surface area contributed by atoms with Crippen molar-refractivity contribution in [3.63, 3.8) is 0 Å². The number of amides is 2. The highest BCUT2D eigenvalue weighted by Gasteiger charge is 2.33. The van der Waals surface area contributed by atoms with Crippen LogP contribution in [0.5, 0.6) is 0 Å². The summed E-state index contributed by atoms with van der Waals surface area (Å²) >= 11 is 1.30. The van der Waals surface area contributed by atoms with Crippen molar-refractivity contribution < 1.29 is 14.0 Å². The molecule has 3 rings (SSSR count). The molecule has 1 saturated carbocycles. The molecule has 1 aliphatic carbocycles. The minimum atomic E-state index is -0.456. The van der Waals surface area contributed by atoms with E-state index in [4.69, 9.17) is 0 Å². The molecule has 5 nitrogen and oxygen atoms in total. The van der Waals surface area contributed by atoms with E-state index in [-0.39, 0.29) is 24.1 Å². The lowest BCUT2D eigenvalue weighted by Crippen LogP contribution is -2.28. The van der Waals surface area contributed by atoms with Crippen molar-refractivity contribution in [1.29, 1.82) is 0 Å². The van der Waals surface area contributed by atoms with Gasteiger partial charge < -0.3 is 10.6 Å². The molecule has 0 radical (unpaired) electrons. The number of rotatable bonds is 4. The first-order valence-electron chi connectivity index (χ1n) is 6.71. The first-order chi connectivity index (χ1) is 10.1. The number of hydrogen-bond acceptors (Lipinski definition) is 4. The summed E-state index contributed by atoms with van der Waals surface area (Å²) in [6.07, 6.45) is 2.20. The van der Waals surface area contributed by atoms with Gasteiger partial charge in [-0.2, -0.15) is 0 Å². The van der Waals surface area contributed by atoms with E-state index in [9.17, 15) is 14.0 Å². The fourth-order valence-corrected chi connectivity index (χ4v) is 2.92. The first-order valence-corrected chi connectivity index (χ1v) is 7.59. The number of thioether (sulfide) groups is 1. The van der Waals surface area contributed by atoms with Gasteiger partial charge in [0.05, 0.1) is 6.04 Å². The highest BCUT2D eigenvalue weighted by Crippen LogP contribution is 2.29. The standard InChI is InChI=1S/C14H14FN3O2S/c15-8-1-3-9(4-2-8)16-12(19)7-11-13(20)18-14(21-11)17-10-5-6-10/h1-4,10-11H,5-7H2,(H,16,19)(H,17,18,20)/t11-/m0/s1. The molecule has 0 bridgehead atoms. The normalized spacial score (nSPS) is 23.2.